The van der Waals surface area contributed by atoms with E-state index >= 15 is 0 Å². The second-order valence-corrected chi connectivity index (χ2v) is 5.36. The lowest BCUT2D eigenvalue weighted by atomic mass is 10.1. The molecule has 0 aliphatic rings. The summed E-state index contributed by atoms with van der Waals surface area (Å²) < 4.78 is 7.02. The molecule has 2 heterocycles. The maximum absolute atomic E-state index is 12.3. The predicted molar refractivity (Wildman–Crippen MR) is 84.7 cm³/mol. The van der Waals surface area contributed by atoms with Gasteiger partial charge in [0, 0.05) is 17.8 Å². The van der Waals surface area contributed by atoms with Gasteiger partial charge in [-0.1, -0.05) is 12.1 Å². The summed E-state index contributed by atoms with van der Waals surface area (Å²) >= 11 is 0. The number of nitro benzene ring substituents is 1. The van der Waals surface area contributed by atoms with Gasteiger partial charge in [0.2, 0.25) is 0 Å². The fraction of sp³-hybridized carbons (Fsp3) is 0.188. The molecule has 0 fully saturated rings. The molecular formula is C16H14N4O4. The Bertz CT molecular complexity index is 935. The Morgan fingerprint density at radius 3 is 2.88 bits per heavy atom. The highest BCUT2D eigenvalue weighted by molar-refractivity contribution is 5.89. The number of aromatic nitrogens is 3. The normalized spacial score (nSPS) is 12.1. The standard InChI is InChI=1S/C16H14N4O4/c1-10-3-4-12(7-14(10)20(22)23)11(2)24-16(21)13-5-6-15-18-17-9-19(15)8-13/h3-9,11H,1-2H3/t11-/m1/s1. The molecule has 3 rings (SSSR count). The van der Waals surface area contributed by atoms with Crippen molar-refractivity contribution in [2.75, 3.05) is 0 Å². The monoisotopic (exact) mass is 326 g/mol. The third-order valence-electron chi connectivity index (χ3n) is 3.71. The zero-order valence-electron chi connectivity index (χ0n) is 13.0. The fourth-order valence-corrected chi connectivity index (χ4v) is 2.32. The fourth-order valence-electron chi connectivity index (χ4n) is 2.32. The molecule has 0 unspecified atom stereocenters. The molecule has 8 heteroatoms. The van der Waals surface area contributed by atoms with Gasteiger partial charge in [0.25, 0.3) is 5.69 Å². The molecular weight excluding hydrogens is 312 g/mol. The Kier molecular flexibility index (Phi) is 3.95. The Labute approximate surface area is 136 Å². The van der Waals surface area contributed by atoms with Gasteiger partial charge in [-0.05, 0) is 31.5 Å². The van der Waals surface area contributed by atoms with Gasteiger partial charge in [-0.2, -0.15) is 0 Å². The van der Waals surface area contributed by atoms with Crippen LogP contribution in [0.5, 0.6) is 0 Å². The number of ether oxygens (including phenoxy) is 1. The first-order valence-electron chi connectivity index (χ1n) is 7.21. The van der Waals surface area contributed by atoms with Crippen molar-refractivity contribution in [1.82, 2.24) is 14.6 Å². The van der Waals surface area contributed by atoms with Crippen molar-refractivity contribution in [3.05, 3.63) is 69.7 Å². The summed E-state index contributed by atoms with van der Waals surface area (Å²) in [5.41, 5.74) is 2.08. The second-order valence-electron chi connectivity index (χ2n) is 5.36. The Balaban J connectivity index is 1.80. The van der Waals surface area contributed by atoms with E-state index in [0.717, 1.165) is 0 Å². The zero-order chi connectivity index (χ0) is 17.3. The highest BCUT2D eigenvalue weighted by Gasteiger charge is 2.18. The van der Waals surface area contributed by atoms with Crippen LogP contribution in [0.2, 0.25) is 0 Å². The number of nitrogens with zero attached hydrogens (tertiary/aromatic N) is 4. The lowest BCUT2D eigenvalue weighted by Gasteiger charge is -2.14. The van der Waals surface area contributed by atoms with Crippen molar-refractivity contribution in [2.24, 2.45) is 0 Å². The molecule has 24 heavy (non-hydrogen) atoms. The van der Waals surface area contributed by atoms with Gasteiger partial charge in [0.05, 0.1) is 10.5 Å². The molecule has 0 saturated carbocycles. The predicted octanol–water partition coefficient (Wildman–Crippen LogP) is 2.86. The smallest absolute Gasteiger partial charge is 0.340 e. The van der Waals surface area contributed by atoms with Crippen LogP contribution in [0.15, 0.2) is 42.9 Å². The van der Waals surface area contributed by atoms with Crippen molar-refractivity contribution in [3.63, 3.8) is 0 Å². The van der Waals surface area contributed by atoms with Crippen molar-refractivity contribution < 1.29 is 14.5 Å². The minimum Gasteiger partial charge on any atom is -0.454 e. The number of carbonyl (C=O) groups excluding carboxylic acids is 1. The van der Waals surface area contributed by atoms with E-state index in [0.29, 0.717) is 22.3 Å². The maximum Gasteiger partial charge on any atom is 0.340 e. The molecule has 0 aliphatic heterocycles. The van der Waals surface area contributed by atoms with Gasteiger partial charge in [0.1, 0.15) is 12.4 Å². The van der Waals surface area contributed by atoms with Crippen LogP contribution in [-0.2, 0) is 4.74 Å². The van der Waals surface area contributed by atoms with E-state index in [1.54, 1.807) is 48.7 Å². The summed E-state index contributed by atoms with van der Waals surface area (Å²) in [6.07, 6.45) is 2.44. The van der Waals surface area contributed by atoms with E-state index in [-0.39, 0.29) is 5.69 Å². The largest absolute Gasteiger partial charge is 0.454 e. The molecule has 1 atom stereocenters. The number of benzene rings is 1. The second kappa shape index (κ2) is 6.07. The lowest BCUT2D eigenvalue weighted by Crippen LogP contribution is -2.10. The number of pyridine rings is 1. The highest BCUT2D eigenvalue weighted by atomic mass is 16.6. The van der Waals surface area contributed by atoms with Crippen LogP contribution in [0, 0.1) is 17.0 Å². The van der Waals surface area contributed by atoms with E-state index in [4.69, 9.17) is 4.74 Å². The Hall–Kier alpha value is -3.29. The van der Waals surface area contributed by atoms with Crippen LogP contribution >= 0.6 is 0 Å². The van der Waals surface area contributed by atoms with E-state index in [9.17, 15) is 14.9 Å². The third kappa shape index (κ3) is 2.94. The minimum atomic E-state index is -0.617. The van der Waals surface area contributed by atoms with Crippen molar-refractivity contribution in [1.29, 1.82) is 0 Å². The van der Waals surface area contributed by atoms with Crippen LogP contribution in [0.25, 0.3) is 5.65 Å². The number of fused-ring (bicyclic) bond motifs is 1. The lowest BCUT2D eigenvalue weighted by molar-refractivity contribution is -0.385. The van der Waals surface area contributed by atoms with E-state index in [1.165, 1.54) is 12.4 Å². The molecule has 0 bridgehead atoms. The highest BCUT2D eigenvalue weighted by Crippen LogP contribution is 2.25. The number of hydrogen-bond donors (Lipinski definition) is 0. The molecule has 0 amide bonds. The minimum absolute atomic E-state index is 0.00121. The number of hydrogen-bond acceptors (Lipinski definition) is 6. The molecule has 0 spiro atoms. The number of rotatable bonds is 4. The molecule has 8 nitrogen and oxygen atoms in total. The summed E-state index contributed by atoms with van der Waals surface area (Å²) in [4.78, 5) is 22.8. The summed E-state index contributed by atoms with van der Waals surface area (Å²) in [6.45, 7) is 3.33. The quantitative estimate of drug-likeness (QED) is 0.415. The summed E-state index contributed by atoms with van der Waals surface area (Å²) in [6, 6.07) is 8.03. The van der Waals surface area contributed by atoms with Crippen LogP contribution in [0.4, 0.5) is 5.69 Å². The first kappa shape index (κ1) is 15.6. The van der Waals surface area contributed by atoms with Crippen LogP contribution in [0.1, 0.15) is 34.5 Å². The van der Waals surface area contributed by atoms with E-state index in [1.807, 2.05) is 0 Å². The molecule has 0 N–H and O–H groups in total. The molecule has 0 saturated heterocycles. The molecule has 0 aliphatic carbocycles. The number of nitro groups is 1. The number of aryl methyl sites for hydroxylation is 1. The average molecular weight is 326 g/mol. The molecule has 122 valence electrons. The van der Waals surface area contributed by atoms with Crippen molar-refractivity contribution >= 4 is 17.3 Å². The average Bonchev–Trinajstić information content (AvgIpc) is 3.02. The third-order valence-corrected chi connectivity index (χ3v) is 3.71. The molecule has 2 aromatic heterocycles. The van der Waals surface area contributed by atoms with Crippen LogP contribution in [0.3, 0.4) is 0 Å². The summed E-state index contributed by atoms with van der Waals surface area (Å²) in [5, 5.41) is 18.6. The van der Waals surface area contributed by atoms with Crippen LogP contribution in [-0.4, -0.2) is 25.5 Å². The first-order chi connectivity index (χ1) is 11.5. The van der Waals surface area contributed by atoms with Crippen LogP contribution < -0.4 is 0 Å². The Morgan fingerprint density at radius 1 is 1.33 bits per heavy atom. The van der Waals surface area contributed by atoms with Gasteiger partial charge < -0.3 is 4.74 Å². The number of esters is 1. The Morgan fingerprint density at radius 2 is 2.12 bits per heavy atom. The summed E-state index contributed by atoms with van der Waals surface area (Å²) in [7, 11) is 0. The van der Waals surface area contributed by atoms with Crippen molar-refractivity contribution in [3.8, 4) is 0 Å². The van der Waals surface area contributed by atoms with Gasteiger partial charge >= 0.3 is 5.97 Å². The SMILES string of the molecule is Cc1ccc([C@@H](C)OC(=O)c2ccc3nncn3c2)cc1[N+](=O)[O-]. The maximum atomic E-state index is 12.3. The van der Waals surface area contributed by atoms with Gasteiger partial charge in [-0.3, -0.25) is 14.5 Å². The van der Waals surface area contributed by atoms with Gasteiger partial charge in [0.15, 0.2) is 5.65 Å². The van der Waals surface area contributed by atoms with Gasteiger partial charge in [-0.25, -0.2) is 4.79 Å². The summed E-state index contributed by atoms with van der Waals surface area (Å²) in [5.74, 6) is -0.527. The molecule has 0 radical (unpaired) electrons. The van der Waals surface area contributed by atoms with Crippen molar-refractivity contribution in [2.45, 2.75) is 20.0 Å². The van der Waals surface area contributed by atoms with E-state index in [2.05, 4.69) is 10.2 Å². The molecule has 1 aromatic carbocycles. The van der Waals surface area contributed by atoms with E-state index < -0.39 is 17.0 Å². The zero-order valence-corrected chi connectivity index (χ0v) is 13.0. The number of carbonyl (C=O) groups is 1. The van der Waals surface area contributed by atoms with Gasteiger partial charge in [-0.15, -0.1) is 10.2 Å². The first-order valence-corrected chi connectivity index (χ1v) is 7.21. The topological polar surface area (TPSA) is 99.6 Å². The molecule has 3 aromatic rings.